The predicted octanol–water partition coefficient (Wildman–Crippen LogP) is 3.53. The second-order valence-electron chi connectivity index (χ2n) is 6.80. The number of benzene rings is 2. The average molecular weight is 346 g/mol. The molecule has 1 amide bonds. The van der Waals surface area contributed by atoms with Gasteiger partial charge >= 0.3 is 0 Å². The Balaban J connectivity index is 1.45. The number of fused-ring (bicyclic) bond motifs is 1. The van der Waals surface area contributed by atoms with Crippen LogP contribution >= 0.6 is 0 Å². The lowest BCUT2D eigenvalue weighted by atomic mass is 10.1. The van der Waals surface area contributed by atoms with Crippen LogP contribution in [0.2, 0.25) is 0 Å². The van der Waals surface area contributed by atoms with Crippen molar-refractivity contribution < 1.29 is 4.79 Å². The molecule has 4 rings (SSSR count). The first kappa shape index (κ1) is 16.5. The van der Waals surface area contributed by atoms with Crippen LogP contribution < -0.4 is 5.32 Å². The Kier molecular flexibility index (Phi) is 4.54. The number of H-pyrrole nitrogens is 1. The van der Waals surface area contributed by atoms with Crippen LogP contribution in [0.4, 0.5) is 5.82 Å². The van der Waals surface area contributed by atoms with Gasteiger partial charge in [0.15, 0.2) is 5.82 Å². The maximum atomic E-state index is 12.5. The van der Waals surface area contributed by atoms with Crippen LogP contribution in [0.1, 0.15) is 32.7 Å². The third-order valence-corrected chi connectivity index (χ3v) is 4.77. The zero-order chi connectivity index (χ0) is 17.9. The highest BCUT2D eigenvalue weighted by atomic mass is 16.1. The minimum atomic E-state index is -0.116. The molecule has 0 saturated carbocycles. The highest BCUT2D eigenvalue weighted by Crippen LogP contribution is 2.25. The number of nitrogens with one attached hydrogen (secondary N) is 2. The van der Waals surface area contributed by atoms with E-state index in [1.165, 1.54) is 5.56 Å². The molecule has 0 unspecified atom stereocenters. The third kappa shape index (κ3) is 3.53. The normalized spacial score (nSPS) is 14.0. The van der Waals surface area contributed by atoms with Crippen molar-refractivity contribution in [2.45, 2.75) is 26.4 Å². The third-order valence-electron chi connectivity index (χ3n) is 4.77. The summed E-state index contributed by atoms with van der Waals surface area (Å²) in [7, 11) is 0. The van der Waals surface area contributed by atoms with Gasteiger partial charge in [-0.1, -0.05) is 48.0 Å². The van der Waals surface area contributed by atoms with Gasteiger partial charge in [-0.2, -0.15) is 5.10 Å². The number of hydrogen-bond donors (Lipinski definition) is 2. The molecule has 0 aliphatic carbocycles. The van der Waals surface area contributed by atoms with Crippen molar-refractivity contribution in [2.24, 2.45) is 0 Å². The summed E-state index contributed by atoms with van der Waals surface area (Å²) in [5.41, 5.74) is 5.24. The summed E-state index contributed by atoms with van der Waals surface area (Å²) < 4.78 is 0. The number of rotatable bonds is 4. The molecular weight excluding hydrogens is 324 g/mol. The number of aryl methyl sites for hydroxylation is 1. The average Bonchev–Trinajstić information content (AvgIpc) is 3.04. The number of nitrogens with zero attached hydrogens (tertiary/aromatic N) is 2. The Morgan fingerprint density at radius 1 is 1.19 bits per heavy atom. The maximum absolute atomic E-state index is 12.5. The Hall–Kier alpha value is -2.92. The zero-order valence-corrected chi connectivity index (χ0v) is 14.8. The Labute approximate surface area is 153 Å². The van der Waals surface area contributed by atoms with Crippen LogP contribution in [-0.4, -0.2) is 27.5 Å². The molecule has 0 fully saturated rings. The molecule has 1 aromatic heterocycles. The van der Waals surface area contributed by atoms with Gasteiger partial charge in [0.25, 0.3) is 5.91 Å². The maximum Gasteiger partial charge on any atom is 0.256 e. The van der Waals surface area contributed by atoms with Crippen molar-refractivity contribution in [3.63, 3.8) is 0 Å². The van der Waals surface area contributed by atoms with Gasteiger partial charge in [-0.15, -0.1) is 0 Å². The standard InChI is InChI=1S/C21H22N4O/c1-15-6-5-9-17(12-15)21(26)22-20-18-10-11-25(14-19(18)23-24-20)13-16-7-3-2-4-8-16/h2-9,12H,10-11,13-14H2,1H3,(H2,22,23,24,26). The fraction of sp³-hybridized carbons (Fsp3) is 0.238. The van der Waals surface area contributed by atoms with Crippen molar-refractivity contribution in [3.05, 3.63) is 82.5 Å². The molecule has 2 heterocycles. The van der Waals surface area contributed by atoms with Gasteiger partial charge in [-0.25, -0.2) is 0 Å². The van der Waals surface area contributed by atoms with E-state index in [0.717, 1.165) is 42.9 Å². The summed E-state index contributed by atoms with van der Waals surface area (Å²) in [6, 6.07) is 18.1. The van der Waals surface area contributed by atoms with Gasteiger partial charge in [0, 0.05) is 30.8 Å². The van der Waals surface area contributed by atoms with E-state index in [2.05, 4.69) is 44.7 Å². The van der Waals surface area contributed by atoms with Crippen LogP contribution in [0.3, 0.4) is 0 Å². The fourth-order valence-electron chi connectivity index (χ4n) is 3.42. The Morgan fingerprint density at radius 3 is 2.85 bits per heavy atom. The minimum absolute atomic E-state index is 0.116. The lowest BCUT2D eigenvalue weighted by Gasteiger charge is -2.26. The first-order valence-electron chi connectivity index (χ1n) is 8.89. The van der Waals surface area contributed by atoms with Crippen LogP contribution in [0, 0.1) is 6.92 Å². The van der Waals surface area contributed by atoms with Crippen molar-refractivity contribution >= 4 is 11.7 Å². The summed E-state index contributed by atoms with van der Waals surface area (Å²) >= 11 is 0. The molecule has 1 aliphatic heterocycles. The van der Waals surface area contributed by atoms with Crippen molar-refractivity contribution in [2.75, 3.05) is 11.9 Å². The molecule has 0 radical (unpaired) electrons. The molecule has 0 bridgehead atoms. The number of hydrogen-bond acceptors (Lipinski definition) is 3. The van der Waals surface area contributed by atoms with E-state index >= 15 is 0 Å². The summed E-state index contributed by atoms with van der Waals surface area (Å²) in [6.45, 7) is 4.67. The van der Waals surface area contributed by atoms with Gasteiger partial charge in [0.05, 0.1) is 5.69 Å². The first-order valence-corrected chi connectivity index (χ1v) is 8.89. The number of carbonyl (C=O) groups excluding carboxylic acids is 1. The molecule has 0 spiro atoms. The van der Waals surface area contributed by atoms with Gasteiger partial charge in [0.1, 0.15) is 0 Å². The lowest BCUT2D eigenvalue weighted by molar-refractivity contribution is 0.102. The Bertz CT molecular complexity index is 917. The van der Waals surface area contributed by atoms with E-state index in [0.29, 0.717) is 11.4 Å². The quantitative estimate of drug-likeness (QED) is 0.760. The second-order valence-corrected chi connectivity index (χ2v) is 6.80. The molecule has 132 valence electrons. The van der Waals surface area contributed by atoms with Crippen LogP contribution in [-0.2, 0) is 19.5 Å². The van der Waals surface area contributed by atoms with E-state index in [-0.39, 0.29) is 5.91 Å². The predicted molar refractivity (Wildman–Crippen MR) is 102 cm³/mol. The first-order chi connectivity index (χ1) is 12.7. The van der Waals surface area contributed by atoms with Crippen molar-refractivity contribution in [1.82, 2.24) is 15.1 Å². The second kappa shape index (κ2) is 7.14. The van der Waals surface area contributed by atoms with E-state index < -0.39 is 0 Å². The molecular formula is C21H22N4O. The molecule has 2 N–H and O–H groups in total. The minimum Gasteiger partial charge on any atom is -0.305 e. The van der Waals surface area contributed by atoms with Gasteiger partial charge in [-0.3, -0.25) is 14.8 Å². The topological polar surface area (TPSA) is 61.0 Å². The summed E-state index contributed by atoms with van der Waals surface area (Å²) in [4.78, 5) is 14.9. The van der Waals surface area contributed by atoms with Crippen LogP contribution in [0.5, 0.6) is 0 Å². The van der Waals surface area contributed by atoms with Crippen molar-refractivity contribution in [1.29, 1.82) is 0 Å². The number of aromatic nitrogens is 2. The number of carbonyl (C=O) groups is 1. The molecule has 26 heavy (non-hydrogen) atoms. The van der Waals surface area contributed by atoms with E-state index in [1.807, 2.05) is 37.3 Å². The highest BCUT2D eigenvalue weighted by Gasteiger charge is 2.23. The summed E-state index contributed by atoms with van der Waals surface area (Å²) in [5.74, 6) is 0.542. The number of aromatic amines is 1. The van der Waals surface area contributed by atoms with Crippen molar-refractivity contribution in [3.8, 4) is 0 Å². The molecule has 2 aromatic carbocycles. The smallest absolute Gasteiger partial charge is 0.256 e. The molecule has 0 atom stereocenters. The lowest BCUT2D eigenvalue weighted by Crippen LogP contribution is -2.30. The highest BCUT2D eigenvalue weighted by molar-refractivity contribution is 6.04. The monoisotopic (exact) mass is 346 g/mol. The molecule has 3 aromatic rings. The number of anilines is 1. The van der Waals surface area contributed by atoms with Crippen LogP contribution in [0.25, 0.3) is 0 Å². The van der Waals surface area contributed by atoms with Gasteiger partial charge < -0.3 is 5.32 Å². The van der Waals surface area contributed by atoms with Crippen LogP contribution in [0.15, 0.2) is 54.6 Å². The van der Waals surface area contributed by atoms with E-state index in [4.69, 9.17) is 0 Å². The number of amides is 1. The molecule has 5 nitrogen and oxygen atoms in total. The van der Waals surface area contributed by atoms with Gasteiger partial charge in [-0.05, 0) is 31.0 Å². The van der Waals surface area contributed by atoms with Gasteiger partial charge in [0.2, 0.25) is 0 Å². The molecule has 1 aliphatic rings. The largest absolute Gasteiger partial charge is 0.305 e. The molecule has 0 saturated heterocycles. The Morgan fingerprint density at radius 2 is 2.04 bits per heavy atom. The zero-order valence-electron chi connectivity index (χ0n) is 14.8. The SMILES string of the molecule is Cc1cccc(C(=O)Nc2n[nH]c3c2CCN(Cc2ccccc2)C3)c1. The van der Waals surface area contributed by atoms with E-state index in [9.17, 15) is 4.79 Å². The fourth-order valence-corrected chi connectivity index (χ4v) is 3.42. The van der Waals surface area contributed by atoms with E-state index in [1.54, 1.807) is 0 Å². The summed E-state index contributed by atoms with van der Waals surface area (Å²) in [6.07, 6.45) is 0.877. The summed E-state index contributed by atoms with van der Waals surface area (Å²) in [5, 5.41) is 10.4. The molecule has 5 heteroatoms.